The molecule has 4 saturated carbocycles. The minimum atomic E-state index is -2.55. The van der Waals surface area contributed by atoms with E-state index >= 15 is 0 Å². The number of halogens is 2. The van der Waals surface area contributed by atoms with Gasteiger partial charge in [0.1, 0.15) is 0 Å². The molecular weight excluding hydrogens is 727 g/mol. The molecule has 0 aliphatic heterocycles. The van der Waals surface area contributed by atoms with Gasteiger partial charge in [-0.05, 0) is 0 Å². The van der Waals surface area contributed by atoms with Crippen molar-refractivity contribution >= 4 is 3.71 Å². The van der Waals surface area contributed by atoms with Crippen molar-refractivity contribution in [3.05, 3.63) is 115 Å². The van der Waals surface area contributed by atoms with Crippen LogP contribution in [0.15, 0.2) is 81.2 Å². The van der Waals surface area contributed by atoms with Crippen LogP contribution in [0.5, 0.6) is 0 Å². The maximum atomic E-state index is 2.84. The summed E-state index contributed by atoms with van der Waals surface area (Å²) in [6, 6.07) is 24.6. The summed E-state index contributed by atoms with van der Waals surface area (Å²) >= 11 is -2.55. The third-order valence-corrected chi connectivity index (χ3v) is 21.5. The van der Waals surface area contributed by atoms with E-state index in [0.717, 1.165) is 17.8 Å². The van der Waals surface area contributed by atoms with Crippen LogP contribution in [-0.4, -0.2) is 3.71 Å². The molecule has 6 aliphatic carbocycles. The third kappa shape index (κ3) is 6.85. The van der Waals surface area contributed by atoms with Crippen molar-refractivity contribution in [2.45, 2.75) is 122 Å². The van der Waals surface area contributed by atoms with Crippen LogP contribution in [0.3, 0.4) is 0 Å². The van der Waals surface area contributed by atoms with Crippen LogP contribution in [0, 0.1) is 36.0 Å². The van der Waals surface area contributed by atoms with Gasteiger partial charge in [0.2, 0.25) is 0 Å². The monoisotopic (exact) mass is 782 g/mol. The molecule has 1 unspecified atom stereocenters. The Bertz CT molecular complexity index is 1770. The summed E-state index contributed by atoms with van der Waals surface area (Å²) in [6.07, 6.45) is 13.2. The first-order valence-corrected chi connectivity index (χ1v) is 23.2. The largest absolute Gasteiger partial charge is 1.00 e. The maximum Gasteiger partial charge on any atom is -1.00 e. The van der Waals surface area contributed by atoms with Gasteiger partial charge in [0.15, 0.2) is 0 Å². The Kier molecular flexibility index (Phi) is 10.5. The van der Waals surface area contributed by atoms with Gasteiger partial charge in [-0.1, -0.05) is 0 Å². The van der Waals surface area contributed by atoms with Crippen LogP contribution in [0.25, 0.3) is 11.1 Å². The second-order valence-electron chi connectivity index (χ2n) is 19.2. The van der Waals surface area contributed by atoms with Crippen molar-refractivity contribution < 1.29 is 46.1 Å². The molecule has 1 atom stereocenters. The second kappa shape index (κ2) is 13.7. The molecule has 0 N–H and O–H groups in total. The van der Waals surface area contributed by atoms with Gasteiger partial charge in [-0.15, -0.1) is 0 Å². The second-order valence-corrected chi connectivity index (χ2v) is 24.9. The first-order chi connectivity index (χ1) is 22.7. The van der Waals surface area contributed by atoms with E-state index < -0.39 is 21.3 Å². The van der Waals surface area contributed by atoms with E-state index in [-0.39, 0.29) is 35.6 Å². The van der Waals surface area contributed by atoms with Gasteiger partial charge in [-0.25, -0.2) is 0 Å². The van der Waals surface area contributed by atoms with E-state index in [4.69, 9.17) is 0 Å². The van der Waals surface area contributed by atoms with Crippen LogP contribution in [-0.2, 0) is 32.1 Å². The fourth-order valence-corrected chi connectivity index (χ4v) is 20.0. The normalized spacial score (nSPS) is 26.8. The zero-order valence-electron chi connectivity index (χ0n) is 32.0. The smallest absolute Gasteiger partial charge is 1.00 e. The first kappa shape index (κ1) is 38.2. The fraction of sp³-hybridized carbons (Fsp3) is 0.511. The average Bonchev–Trinajstić information content (AvgIpc) is 3.47. The van der Waals surface area contributed by atoms with Crippen LogP contribution in [0.1, 0.15) is 137 Å². The SMILES string of the molecule is CC1=[C](/[Zr+2](=[CH]/c2ccc(C)cc2)[CH]2c3ccc(C(C)(C)C)cc3-c3cc(C(C)(C)C)ccc32)C(C)C=C1CC12CC3CC(CC(C3)C1)C2.[Cl-].[Cl-]. The van der Waals surface area contributed by atoms with Crippen molar-refractivity contribution in [1.29, 1.82) is 0 Å². The molecule has 0 amide bonds. The Labute approximate surface area is 324 Å². The van der Waals surface area contributed by atoms with Crippen molar-refractivity contribution in [2.24, 2.45) is 29.1 Å². The molecule has 3 heteroatoms. The Morgan fingerprint density at radius 2 is 1.18 bits per heavy atom. The number of aryl methyl sites for hydroxylation is 1. The third-order valence-electron chi connectivity index (χ3n) is 13.3. The average molecular weight is 785 g/mol. The predicted octanol–water partition coefficient (Wildman–Crippen LogP) is 6.59. The van der Waals surface area contributed by atoms with Gasteiger partial charge in [0, 0.05) is 0 Å². The Hall–Kier alpha value is -1.53. The van der Waals surface area contributed by atoms with Gasteiger partial charge >= 0.3 is 301 Å². The Morgan fingerprint density at radius 3 is 1.64 bits per heavy atom. The Morgan fingerprint density at radius 1 is 0.700 bits per heavy atom. The first-order valence-electron chi connectivity index (χ1n) is 19.2. The molecule has 50 heavy (non-hydrogen) atoms. The molecule has 0 heterocycles. The van der Waals surface area contributed by atoms with E-state index in [1.807, 2.05) is 3.28 Å². The molecule has 0 nitrogen and oxygen atoms in total. The van der Waals surface area contributed by atoms with E-state index in [2.05, 4.69) is 133 Å². The van der Waals surface area contributed by atoms with Gasteiger partial charge in [-0.3, -0.25) is 0 Å². The predicted molar refractivity (Wildman–Crippen MR) is 203 cm³/mol. The summed E-state index contributed by atoms with van der Waals surface area (Å²) in [6.45, 7) is 21.5. The van der Waals surface area contributed by atoms with Crippen molar-refractivity contribution in [3.63, 3.8) is 0 Å². The standard InChI is InChI=1S/C21H25.C18H25.C8H8.2ClH.Zr/c1-20(2,3)16-9-7-14-11-15-8-10-17(21(4,5)6)13-19(15)18(14)12-16;1-12-3-13(2)17(4-12)11-18-8-14-5-15(9-18)7-16(6-14)10-18;1-7-3-5-8(2)6-4-7;;;/h7-13H,1-6H3;4,12,14-16H,5-11H2,1-2H3;1,3-6H,2H3;2*1H;/q;;;;;+2/p-2. The molecule has 3 aromatic rings. The Balaban J connectivity index is 0.00000216. The summed E-state index contributed by atoms with van der Waals surface area (Å²) in [5.41, 5.74) is 16.2. The summed E-state index contributed by atoms with van der Waals surface area (Å²) in [4.78, 5) is 0. The van der Waals surface area contributed by atoms with E-state index in [1.165, 1.54) is 78.3 Å². The molecular formula is C47H58Cl2Zr. The minimum absolute atomic E-state index is 0. The van der Waals surface area contributed by atoms with E-state index in [0.29, 0.717) is 15.0 Å². The number of hydrogen-bond acceptors (Lipinski definition) is 0. The number of rotatable bonds is 5. The van der Waals surface area contributed by atoms with Crippen molar-refractivity contribution in [2.75, 3.05) is 0 Å². The molecule has 0 aromatic heterocycles. The molecule has 0 spiro atoms. The van der Waals surface area contributed by atoms with Gasteiger partial charge < -0.3 is 24.8 Å². The van der Waals surface area contributed by atoms with Gasteiger partial charge in [0.25, 0.3) is 0 Å². The van der Waals surface area contributed by atoms with E-state index in [1.54, 1.807) is 22.3 Å². The number of hydrogen-bond donors (Lipinski definition) is 0. The van der Waals surface area contributed by atoms with Crippen LogP contribution in [0.4, 0.5) is 0 Å². The quantitative estimate of drug-likeness (QED) is 0.274. The summed E-state index contributed by atoms with van der Waals surface area (Å²) in [5, 5.41) is 0. The topological polar surface area (TPSA) is 0 Å². The van der Waals surface area contributed by atoms with Gasteiger partial charge in [0.05, 0.1) is 0 Å². The summed E-state index contributed by atoms with van der Waals surface area (Å²) in [5.74, 6) is 3.59. The molecule has 3 aromatic carbocycles. The number of fused-ring (bicyclic) bond motifs is 3. The zero-order chi connectivity index (χ0) is 33.7. The maximum absolute atomic E-state index is 2.84. The number of allylic oxidation sites excluding steroid dienone is 4. The fourth-order valence-electron chi connectivity index (χ4n) is 11.3. The summed E-state index contributed by atoms with van der Waals surface area (Å²) < 4.78 is 5.21. The van der Waals surface area contributed by atoms with Gasteiger partial charge in [-0.2, -0.15) is 0 Å². The molecule has 0 saturated heterocycles. The molecule has 9 rings (SSSR count). The molecule has 4 fully saturated rings. The minimum Gasteiger partial charge on any atom is -1.00 e. The molecule has 264 valence electrons. The van der Waals surface area contributed by atoms with Crippen LogP contribution in [0.2, 0.25) is 0 Å². The molecule has 4 bridgehead atoms. The van der Waals surface area contributed by atoms with E-state index in [9.17, 15) is 0 Å². The van der Waals surface area contributed by atoms with Crippen molar-refractivity contribution in [1.82, 2.24) is 0 Å². The summed E-state index contributed by atoms with van der Waals surface area (Å²) in [7, 11) is 0. The van der Waals surface area contributed by atoms with Crippen LogP contribution >= 0.6 is 0 Å². The molecule has 6 aliphatic rings. The zero-order valence-corrected chi connectivity index (χ0v) is 36.0. The van der Waals surface area contributed by atoms with Crippen molar-refractivity contribution in [3.8, 4) is 11.1 Å². The number of benzene rings is 3. The van der Waals surface area contributed by atoms with Crippen LogP contribution < -0.4 is 24.8 Å². The molecule has 0 radical (unpaired) electrons.